The molecule has 25 heavy (non-hydrogen) atoms. The summed E-state index contributed by atoms with van der Waals surface area (Å²) in [4.78, 5) is 32.2. The fourth-order valence-corrected chi connectivity index (χ4v) is 2.37. The highest BCUT2D eigenvalue weighted by atomic mass is 35.5. The number of halogens is 2. The van der Waals surface area contributed by atoms with Crippen LogP contribution in [0.1, 0.15) is 10.4 Å². The second kappa shape index (κ2) is 7.46. The van der Waals surface area contributed by atoms with E-state index >= 15 is 0 Å². The molecule has 1 aromatic heterocycles. The first-order valence-corrected chi connectivity index (χ1v) is 7.91. The Balaban J connectivity index is 1.60. The highest BCUT2D eigenvalue weighted by molar-refractivity contribution is 6.42. The highest BCUT2D eigenvalue weighted by Crippen LogP contribution is 2.24. The van der Waals surface area contributed by atoms with Gasteiger partial charge in [-0.25, -0.2) is 4.79 Å². The van der Waals surface area contributed by atoms with E-state index in [1.165, 1.54) is 12.3 Å². The number of esters is 1. The number of hydrogen-bond donors (Lipinski definition) is 1. The zero-order valence-corrected chi connectivity index (χ0v) is 14.2. The molecule has 1 N–H and O–H groups in total. The minimum Gasteiger partial charge on any atom is -0.452 e. The number of carbonyl (C=O) groups is 2. The summed E-state index contributed by atoms with van der Waals surface area (Å²) in [5, 5.41) is 3.26. The molecular formula is C17H11Cl2N3O3. The number of fused-ring (bicyclic) bond motifs is 1. The molecule has 0 saturated heterocycles. The number of benzene rings is 2. The molecule has 0 aliphatic rings. The maximum atomic E-state index is 12.1. The summed E-state index contributed by atoms with van der Waals surface area (Å²) in [5.74, 6) is -1.12. The third kappa shape index (κ3) is 4.23. The van der Waals surface area contributed by atoms with E-state index in [-0.39, 0.29) is 5.56 Å². The quantitative estimate of drug-likeness (QED) is 0.702. The van der Waals surface area contributed by atoms with Gasteiger partial charge in [0, 0.05) is 18.1 Å². The second-order valence-electron chi connectivity index (χ2n) is 5.01. The van der Waals surface area contributed by atoms with Crippen molar-refractivity contribution >= 4 is 51.8 Å². The Morgan fingerprint density at radius 2 is 1.72 bits per heavy atom. The molecule has 1 amide bonds. The molecule has 0 saturated carbocycles. The number of aromatic nitrogens is 2. The maximum Gasteiger partial charge on any atom is 0.338 e. The van der Waals surface area contributed by atoms with Crippen LogP contribution in [0.5, 0.6) is 0 Å². The van der Waals surface area contributed by atoms with Crippen LogP contribution in [0.2, 0.25) is 10.0 Å². The second-order valence-corrected chi connectivity index (χ2v) is 5.83. The first-order valence-electron chi connectivity index (χ1n) is 7.16. The van der Waals surface area contributed by atoms with Gasteiger partial charge in [0.2, 0.25) is 0 Å². The van der Waals surface area contributed by atoms with Crippen LogP contribution >= 0.6 is 23.2 Å². The van der Waals surface area contributed by atoms with Crippen molar-refractivity contribution in [1.82, 2.24) is 9.97 Å². The number of ether oxygens (including phenoxy) is 1. The van der Waals surface area contributed by atoms with Gasteiger partial charge in [-0.3, -0.25) is 14.8 Å². The van der Waals surface area contributed by atoms with Gasteiger partial charge >= 0.3 is 5.97 Å². The van der Waals surface area contributed by atoms with Gasteiger partial charge in [-0.05, 0) is 36.4 Å². The smallest absolute Gasteiger partial charge is 0.338 e. The van der Waals surface area contributed by atoms with Crippen molar-refractivity contribution in [2.24, 2.45) is 0 Å². The molecule has 0 atom stereocenters. The number of anilines is 1. The van der Waals surface area contributed by atoms with Gasteiger partial charge < -0.3 is 10.1 Å². The monoisotopic (exact) mass is 375 g/mol. The predicted molar refractivity (Wildman–Crippen MR) is 94.9 cm³/mol. The minimum atomic E-state index is -0.628. The number of amides is 1. The van der Waals surface area contributed by atoms with Gasteiger partial charge in [0.15, 0.2) is 6.61 Å². The molecule has 0 bridgehead atoms. The summed E-state index contributed by atoms with van der Waals surface area (Å²) >= 11 is 11.7. The Hall–Kier alpha value is -2.70. The molecule has 3 aromatic rings. The van der Waals surface area contributed by atoms with Crippen molar-refractivity contribution in [3.05, 3.63) is 64.4 Å². The summed E-state index contributed by atoms with van der Waals surface area (Å²) in [6, 6.07) is 9.44. The summed E-state index contributed by atoms with van der Waals surface area (Å²) < 4.78 is 5.01. The zero-order valence-electron chi connectivity index (χ0n) is 12.7. The van der Waals surface area contributed by atoms with E-state index in [1.54, 1.807) is 36.5 Å². The van der Waals surface area contributed by atoms with E-state index in [2.05, 4.69) is 15.3 Å². The van der Waals surface area contributed by atoms with Gasteiger partial charge in [-0.15, -0.1) is 0 Å². The molecule has 0 radical (unpaired) electrons. The number of carbonyl (C=O) groups excluding carboxylic acids is 2. The molecule has 2 aromatic carbocycles. The number of nitrogens with zero attached hydrogens (tertiary/aromatic N) is 2. The molecular weight excluding hydrogens is 365 g/mol. The molecule has 8 heteroatoms. The third-order valence-corrected chi connectivity index (χ3v) is 3.98. The van der Waals surface area contributed by atoms with Crippen molar-refractivity contribution in [3.8, 4) is 0 Å². The molecule has 0 spiro atoms. The fraction of sp³-hybridized carbons (Fsp3) is 0.0588. The lowest BCUT2D eigenvalue weighted by atomic mass is 10.2. The van der Waals surface area contributed by atoms with Crippen molar-refractivity contribution in [3.63, 3.8) is 0 Å². The normalized spacial score (nSPS) is 10.5. The van der Waals surface area contributed by atoms with Crippen molar-refractivity contribution in [2.45, 2.75) is 0 Å². The zero-order chi connectivity index (χ0) is 17.8. The van der Waals surface area contributed by atoms with Crippen LogP contribution in [0.25, 0.3) is 11.0 Å². The SMILES string of the molecule is O=C(COC(=O)c1ccc2nccnc2c1)Nc1ccc(Cl)c(Cl)c1. The summed E-state index contributed by atoms with van der Waals surface area (Å²) in [6.45, 7) is -0.433. The van der Waals surface area contributed by atoms with Gasteiger partial charge in [-0.1, -0.05) is 23.2 Å². The van der Waals surface area contributed by atoms with Gasteiger partial charge in [-0.2, -0.15) is 0 Å². The summed E-state index contributed by atoms with van der Waals surface area (Å²) in [5.41, 5.74) is 1.97. The van der Waals surface area contributed by atoms with Gasteiger partial charge in [0.1, 0.15) is 0 Å². The van der Waals surface area contributed by atoms with Crippen LogP contribution in [-0.2, 0) is 9.53 Å². The van der Waals surface area contributed by atoms with E-state index in [9.17, 15) is 9.59 Å². The van der Waals surface area contributed by atoms with Crippen molar-refractivity contribution in [2.75, 3.05) is 11.9 Å². The van der Waals surface area contributed by atoms with Gasteiger partial charge in [0.05, 0.1) is 26.6 Å². The largest absolute Gasteiger partial charge is 0.452 e. The van der Waals surface area contributed by atoms with Crippen LogP contribution in [-0.4, -0.2) is 28.5 Å². The van der Waals surface area contributed by atoms with E-state index < -0.39 is 18.5 Å². The summed E-state index contributed by atoms with van der Waals surface area (Å²) in [7, 11) is 0. The Kier molecular flexibility index (Phi) is 5.11. The van der Waals surface area contributed by atoms with Crippen LogP contribution in [0.3, 0.4) is 0 Å². The maximum absolute atomic E-state index is 12.1. The topological polar surface area (TPSA) is 81.2 Å². The van der Waals surface area contributed by atoms with E-state index in [0.717, 1.165) is 0 Å². The van der Waals surface area contributed by atoms with Crippen LogP contribution in [0, 0.1) is 0 Å². The highest BCUT2D eigenvalue weighted by Gasteiger charge is 2.12. The first-order chi connectivity index (χ1) is 12.0. The number of rotatable bonds is 4. The number of nitrogens with one attached hydrogen (secondary N) is 1. The summed E-state index contributed by atoms with van der Waals surface area (Å²) in [6.07, 6.45) is 3.09. The molecule has 0 aliphatic heterocycles. The van der Waals surface area contributed by atoms with Crippen LogP contribution in [0.4, 0.5) is 5.69 Å². The Labute approximate surface area is 152 Å². The molecule has 3 rings (SSSR count). The van der Waals surface area contributed by atoms with E-state index in [4.69, 9.17) is 27.9 Å². The lowest BCUT2D eigenvalue weighted by molar-refractivity contribution is -0.119. The van der Waals surface area contributed by atoms with Crippen LogP contribution < -0.4 is 5.32 Å². The van der Waals surface area contributed by atoms with Gasteiger partial charge in [0.25, 0.3) is 5.91 Å². The standard InChI is InChI=1S/C17H11Cl2N3O3/c18-12-3-2-11(8-13(12)19)22-16(23)9-25-17(24)10-1-4-14-15(7-10)21-6-5-20-14/h1-8H,9H2,(H,22,23). The average Bonchev–Trinajstić information content (AvgIpc) is 2.62. The molecule has 0 fully saturated rings. The van der Waals surface area contributed by atoms with E-state index in [0.29, 0.717) is 26.8 Å². The molecule has 0 aliphatic carbocycles. The molecule has 0 unspecified atom stereocenters. The van der Waals surface area contributed by atoms with Crippen LogP contribution in [0.15, 0.2) is 48.8 Å². The Morgan fingerprint density at radius 3 is 2.48 bits per heavy atom. The average molecular weight is 376 g/mol. The van der Waals surface area contributed by atoms with Crippen molar-refractivity contribution < 1.29 is 14.3 Å². The Bertz CT molecular complexity index is 963. The molecule has 6 nitrogen and oxygen atoms in total. The number of hydrogen-bond acceptors (Lipinski definition) is 5. The lowest BCUT2D eigenvalue weighted by Gasteiger charge is -2.08. The molecule has 126 valence electrons. The Morgan fingerprint density at radius 1 is 0.960 bits per heavy atom. The van der Waals surface area contributed by atoms with E-state index in [1.807, 2.05) is 0 Å². The first kappa shape index (κ1) is 17.1. The minimum absolute atomic E-state index is 0.287. The lowest BCUT2D eigenvalue weighted by Crippen LogP contribution is -2.20. The fourth-order valence-electron chi connectivity index (χ4n) is 2.08. The van der Waals surface area contributed by atoms with Crippen molar-refractivity contribution in [1.29, 1.82) is 0 Å². The third-order valence-electron chi connectivity index (χ3n) is 3.24. The molecule has 1 heterocycles. The predicted octanol–water partition coefficient (Wildman–Crippen LogP) is 3.73.